The van der Waals surface area contributed by atoms with E-state index < -0.39 is 16.0 Å². The van der Waals surface area contributed by atoms with Crippen molar-refractivity contribution in [3.8, 4) is 5.75 Å². The highest BCUT2D eigenvalue weighted by Crippen LogP contribution is 2.27. The third kappa shape index (κ3) is 3.81. The molecule has 2 rings (SSSR count). The largest absolute Gasteiger partial charge is 0.495 e. The van der Waals surface area contributed by atoms with Gasteiger partial charge in [-0.15, -0.1) is 0 Å². The van der Waals surface area contributed by atoms with Gasteiger partial charge in [0.25, 0.3) is 10.0 Å². The van der Waals surface area contributed by atoms with Crippen molar-refractivity contribution in [2.24, 2.45) is 0 Å². The molecule has 0 aliphatic rings. The topological polar surface area (TPSA) is 81.7 Å². The number of sulfonamides is 1. The SMILES string of the molecule is COC(=O)c1cccc(NS(=O)(=O)c2cc(C)ccc2OC)c1. The van der Waals surface area contributed by atoms with Crippen LogP contribution in [0.15, 0.2) is 47.4 Å². The molecule has 6 nitrogen and oxygen atoms in total. The second-order valence-electron chi connectivity index (χ2n) is 4.83. The third-order valence-electron chi connectivity index (χ3n) is 3.14. The molecule has 7 heteroatoms. The van der Waals surface area contributed by atoms with E-state index >= 15 is 0 Å². The van der Waals surface area contributed by atoms with Gasteiger partial charge in [0, 0.05) is 5.69 Å². The Bertz CT molecular complexity index is 830. The summed E-state index contributed by atoms with van der Waals surface area (Å²) >= 11 is 0. The summed E-state index contributed by atoms with van der Waals surface area (Å²) < 4.78 is 37.3. The lowest BCUT2D eigenvalue weighted by molar-refractivity contribution is 0.0601. The number of methoxy groups -OCH3 is 2. The molecular formula is C16H17NO5S. The van der Waals surface area contributed by atoms with Crippen molar-refractivity contribution >= 4 is 21.7 Å². The lowest BCUT2D eigenvalue weighted by Crippen LogP contribution is -2.15. The summed E-state index contributed by atoms with van der Waals surface area (Å²) in [5.41, 5.74) is 1.30. The molecule has 0 unspecified atom stereocenters. The number of hydrogen-bond donors (Lipinski definition) is 1. The maximum absolute atomic E-state index is 12.6. The zero-order valence-electron chi connectivity index (χ0n) is 13.0. The highest BCUT2D eigenvalue weighted by molar-refractivity contribution is 7.92. The van der Waals surface area contributed by atoms with Gasteiger partial charge >= 0.3 is 5.97 Å². The van der Waals surface area contributed by atoms with Gasteiger partial charge in [0.05, 0.1) is 19.8 Å². The van der Waals surface area contributed by atoms with Crippen LogP contribution in [0.2, 0.25) is 0 Å². The number of carbonyl (C=O) groups is 1. The molecule has 0 saturated carbocycles. The normalized spacial score (nSPS) is 10.9. The average Bonchev–Trinajstić information content (AvgIpc) is 2.54. The lowest BCUT2D eigenvalue weighted by Gasteiger charge is -2.12. The Morgan fingerprint density at radius 3 is 2.48 bits per heavy atom. The molecule has 0 saturated heterocycles. The average molecular weight is 335 g/mol. The van der Waals surface area contributed by atoms with E-state index in [1.165, 1.54) is 32.4 Å². The number of esters is 1. The van der Waals surface area contributed by atoms with Crippen LogP contribution in [0.5, 0.6) is 5.75 Å². The van der Waals surface area contributed by atoms with Crippen molar-refractivity contribution in [3.63, 3.8) is 0 Å². The Hall–Kier alpha value is -2.54. The highest BCUT2D eigenvalue weighted by atomic mass is 32.2. The van der Waals surface area contributed by atoms with Crippen LogP contribution in [0, 0.1) is 6.92 Å². The molecule has 122 valence electrons. The second-order valence-corrected chi connectivity index (χ2v) is 6.48. The fourth-order valence-corrected chi connectivity index (χ4v) is 3.34. The van der Waals surface area contributed by atoms with Crippen LogP contribution < -0.4 is 9.46 Å². The predicted octanol–water partition coefficient (Wildman–Crippen LogP) is 2.59. The molecule has 0 heterocycles. The van der Waals surface area contributed by atoms with Gasteiger partial charge in [-0.05, 0) is 42.8 Å². The van der Waals surface area contributed by atoms with E-state index in [-0.39, 0.29) is 21.9 Å². The highest BCUT2D eigenvalue weighted by Gasteiger charge is 2.20. The predicted molar refractivity (Wildman–Crippen MR) is 86.3 cm³/mol. The quantitative estimate of drug-likeness (QED) is 0.849. The van der Waals surface area contributed by atoms with Crippen molar-refractivity contribution in [2.45, 2.75) is 11.8 Å². The first-order valence-corrected chi connectivity index (χ1v) is 8.21. The number of nitrogens with one attached hydrogen (secondary N) is 1. The second kappa shape index (κ2) is 6.70. The van der Waals surface area contributed by atoms with E-state index in [0.29, 0.717) is 0 Å². The van der Waals surface area contributed by atoms with Gasteiger partial charge in [-0.1, -0.05) is 12.1 Å². The fourth-order valence-electron chi connectivity index (χ4n) is 2.03. The number of benzene rings is 2. The van der Waals surface area contributed by atoms with Crippen LogP contribution in [0.4, 0.5) is 5.69 Å². The van der Waals surface area contributed by atoms with E-state index in [1.807, 2.05) is 0 Å². The van der Waals surface area contributed by atoms with Crippen LogP contribution in [0.3, 0.4) is 0 Å². The van der Waals surface area contributed by atoms with Gasteiger partial charge in [0.2, 0.25) is 0 Å². The van der Waals surface area contributed by atoms with Gasteiger partial charge in [-0.2, -0.15) is 0 Å². The molecule has 0 bridgehead atoms. The Morgan fingerprint density at radius 1 is 1.09 bits per heavy atom. The molecule has 1 N–H and O–H groups in total. The summed E-state index contributed by atoms with van der Waals surface area (Å²) in [7, 11) is -1.19. The minimum absolute atomic E-state index is 0.0310. The number of aryl methyl sites for hydroxylation is 1. The van der Waals surface area contributed by atoms with Crippen LogP contribution in [-0.2, 0) is 14.8 Å². The summed E-state index contributed by atoms with van der Waals surface area (Å²) in [5.74, 6) is -0.300. The summed E-state index contributed by atoms with van der Waals surface area (Å²) in [6, 6.07) is 10.9. The van der Waals surface area contributed by atoms with E-state index in [1.54, 1.807) is 31.2 Å². The molecule has 0 aliphatic heterocycles. The van der Waals surface area contributed by atoms with Crippen LogP contribution in [0.25, 0.3) is 0 Å². The Morgan fingerprint density at radius 2 is 1.83 bits per heavy atom. The lowest BCUT2D eigenvalue weighted by atomic mass is 10.2. The van der Waals surface area contributed by atoms with E-state index in [4.69, 9.17) is 4.74 Å². The van der Waals surface area contributed by atoms with E-state index in [2.05, 4.69) is 9.46 Å². The first-order chi connectivity index (χ1) is 10.9. The van der Waals surface area contributed by atoms with Crippen molar-refractivity contribution in [1.82, 2.24) is 0 Å². The molecule has 23 heavy (non-hydrogen) atoms. The summed E-state index contributed by atoms with van der Waals surface area (Å²) in [6.07, 6.45) is 0. The maximum Gasteiger partial charge on any atom is 0.337 e. The van der Waals surface area contributed by atoms with Crippen LogP contribution >= 0.6 is 0 Å². The zero-order chi connectivity index (χ0) is 17.0. The maximum atomic E-state index is 12.6. The number of rotatable bonds is 5. The molecule has 0 fully saturated rings. The van der Waals surface area contributed by atoms with Crippen molar-refractivity contribution in [3.05, 3.63) is 53.6 Å². The summed E-state index contributed by atoms with van der Waals surface area (Å²) in [6.45, 7) is 1.79. The molecule has 2 aromatic rings. The van der Waals surface area contributed by atoms with Gasteiger partial charge in [-0.3, -0.25) is 4.72 Å². The number of anilines is 1. The standard InChI is InChI=1S/C16H17NO5S/c1-11-7-8-14(21-2)15(9-11)23(19,20)17-13-6-4-5-12(10-13)16(18)22-3/h4-10,17H,1-3H3. The van der Waals surface area contributed by atoms with Gasteiger partial charge in [0.1, 0.15) is 10.6 Å². The number of hydrogen-bond acceptors (Lipinski definition) is 5. The van der Waals surface area contributed by atoms with E-state index in [9.17, 15) is 13.2 Å². The Kier molecular flexibility index (Phi) is 4.90. The fraction of sp³-hybridized carbons (Fsp3) is 0.188. The molecule has 0 spiro atoms. The first-order valence-electron chi connectivity index (χ1n) is 6.73. The molecule has 0 aromatic heterocycles. The smallest absolute Gasteiger partial charge is 0.337 e. The Labute approximate surface area is 135 Å². The molecule has 0 atom stereocenters. The number of carbonyl (C=O) groups excluding carboxylic acids is 1. The molecule has 0 radical (unpaired) electrons. The summed E-state index contributed by atoms with van der Waals surface area (Å²) in [5, 5.41) is 0. The summed E-state index contributed by atoms with van der Waals surface area (Å²) in [4.78, 5) is 11.6. The van der Waals surface area contributed by atoms with Crippen molar-refractivity contribution in [1.29, 1.82) is 0 Å². The van der Waals surface area contributed by atoms with Crippen molar-refractivity contribution < 1.29 is 22.7 Å². The third-order valence-corrected chi connectivity index (χ3v) is 4.55. The molecular weight excluding hydrogens is 318 g/mol. The molecule has 0 aliphatic carbocycles. The zero-order valence-corrected chi connectivity index (χ0v) is 13.8. The van der Waals surface area contributed by atoms with Gasteiger partial charge in [0.15, 0.2) is 0 Å². The Balaban J connectivity index is 2.39. The molecule has 2 aromatic carbocycles. The monoisotopic (exact) mass is 335 g/mol. The minimum atomic E-state index is -3.85. The first kappa shape index (κ1) is 16.8. The van der Waals surface area contributed by atoms with Gasteiger partial charge in [-0.25, -0.2) is 13.2 Å². The van der Waals surface area contributed by atoms with E-state index in [0.717, 1.165) is 5.56 Å². The molecule has 0 amide bonds. The van der Waals surface area contributed by atoms with Crippen LogP contribution in [0.1, 0.15) is 15.9 Å². The van der Waals surface area contributed by atoms with Crippen LogP contribution in [-0.4, -0.2) is 28.6 Å². The van der Waals surface area contributed by atoms with Gasteiger partial charge < -0.3 is 9.47 Å². The number of ether oxygens (including phenoxy) is 2. The minimum Gasteiger partial charge on any atom is -0.495 e. The van der Waals surface area contributed by atoms with Crippen molar-refractivity contribution in [2.75, 3.05) is 18.9 Å².